The molecule has 1 aromatic carbocycles. The van der Waals surface area contributed by atoms with E-state index in [1.807, 2.05) is 0 Å². The number of fused-ring (bicyclic) bond motifs is 3. The maximum absolute atomic E-state index is 6.60. The van der Waals surface area contributed by atoms with Crippen LogP contribution in [0.25, 0.3) is 0 Å². The van der Waals surface area contributed by atoms with E-state index in [-0.39, 0.29) is 18.5 Å². The van der Waals surface area contributed by atoms with Crippen LogP contribution in [0.3, 0.4) is 0 Å². The van der Waals surface area contributed by atoms with Crippen molar-refractivity contribution >= 4 is 12.4 Å². The quantitative estimate of drug-likeness (QED) is 0.707. The first-order chi connectivity index (χ1) is 13.3. The Bertz CT molecular complexity index is 683. The Balaban J connectivity index is 0.00000192. The fourth-order valence-electron chi connectivity index (χ4n) is 5.75. The van der Waals surface area contributed by atoms with Crippen LogP contribution >= 0.6 is 12.4 Å². The van der Waals surface area contributed by atoms with Crippen LogP contribution in [0.4, 0.5) is 0 Å². The Labute approximate surface area is 174 Å². The number of benzene rings is 1. The summed E-state index contributed by atoms with van der Waals surface area (Å²) in [5.41, 5.74) is 8.69. The molecule has 0 saturated heterocycles. The Morgan fingerprint density at radius 1 is 0.929 bits per heavy atom. The Morgan fingerprint density at radius 2 is 1.68 bits per heavy atom. The number of hydrogen-bond donors (Lipinski definition) is 1. The van der Waals surface area contributed by atoms with Gasteiger partial charge >= 0.3 is 0 Å². The highest BCUT2D eigenvalue weighted by Crippen LogP contribution is 2.50. The van der Waals surface area contributed by atoms with Crippen LogP contribution in [0.2, 0.25) is 0 Å². The fourth-order valence-corrected chi connectivity index (χ4v) is 5.75. The number of ether oxygens (including phenoxy) is 3. The third-order valence-corrected chi connectivity index (χ3v) is 7.21. The average molecular weight is 408 g/mol. The van der Waals surface area contributed by atoms with Crippen LogP contribution < -0.4 is 15.2 Å². The van der Waals surface area contributed by atoms with Gasteiger partial charge in [-0.05, 0) is 56.1 Å². The minimum atomic E-state index is -0.413. The third kappa shape index (κ3) is 3.64. The van der Waals surface area contributed by atoms with E-state index >= 15 is 0 Å². The minimum absolute atomic E-state index is 0. The first-order valence-electron chi connectivity index (χ1n) is 11.2. The number of rotatable bonds is 2. The lowest BCUT2D eigenvalue weighted by molar-refractivity contribution is -0.105. The zero-order valence-corrected chi connectivity index (χ0v) is 17.6. The molecule has 2 fully saturated rings. The predicted molar refractivity (Wildman–Crippen MR) is 112 cm³/mol. The molecular formula is C23H34ClNO3. The molecule has 28 heavy (non-hydrogen) atoms. The summed E-state index contributed by atoms with van der Waals surface area (Å²) in [6.07, 6.45) is 14.7. The summed E-state index contributed by atoms with van der Waals surface area (Å²) in [7, 11) is 0. The molecule has 4 aliphatic rings. The van der Waals surface area contributed by atoms with Gasteiger partial charge in [-0.2, -0.15) is 0 Å². The van der Waals surface area contributed by atoms with Gasteiger partial charge in [0.15, 0.2) is 11.5 Å². The maximum Gasteiger partial charge on any atom is 0.251 e. The van der Waals surface area contributed by atoms with Crippen molar-refractivity contribution in [2.45, 2.75) is 95.0 Å². The van der Waals surface area contributed by atoms with Crippen molar-refractivity contribution in [1.82, 2.24) is 0 Å². The van der Waals surface area contributed by atoms with Gasteiger partial charge in [-0.1, -0.05) is 31.7 Å². The summed E-state index contributed by atoms with van der Waals surface area (Å²) in [4.78, 5) is 0. The van der Waals surface area contributed by atoms with E-state index in [2.05, 4.69) is 12.1 Å². The van der Waals surface area contributed by atoms with Gasteiger partial charge in [0.2, 0.25) is 0 Å². The zero-order valence-electron chi connectivity index (χ0n) is 16.8. The fraction of sp³-hybridized carbons (Fsp3) is 0.739. The van der Waals surface area contributed by atoms with Crippen LogP contribution in [0, 0.1) is 5.92 Å². The molecule has 2 saturated carbocycles. The molecule has 0 radical (unpaired) electrons. The number of halogens is 1. The van der Waals surface area contributed by atoms with Gasteiger partial charge in [0, 0.05) is 24.9 Å². The highest BCUT2D eigenvalue weighted by Gasteiger charge is 2.44. The third-order valence-electron chi connectivity index (χ3n) is 7.21. The molecule has 2 atom stereocenters. The molecule has 0 bridgehead atoms. The van der Waals surface area contributed by atoms with E-state index in [0.717, 1.165) is 37.2 Å². The molecule has 2 unspecified atom stereocenters. The smallest absolute Gasteiger partial charge is 0.251 e. The second kappa shape index (κ2) is 8.41. The molecule has 4 nitrogen and oxygen atoms in total. The van der Waals surface area contributed by atoms with E-state index in [1.54, 1.807) is 0 Å². The standard InChI is InChI=1S/C23H33NO3.ClH/c24-15-21-17-9-12-20-22(27-23(26-20)13-5-2-6-14-23)18(17)10-11-19(25-21)16-7-3-1-4-8-16;/h9,12,16,19,21H,1-8,10-11,13-15,24H2;1H. The normalized spacial score (nSPS) is 29.0. The van der Waals surface area contributed by atoms with Crippen LogP contribution in [0.5, 0.6) is 11.5 Å². The van der Waals surface area contributed by atoms with Crippen molar-refractivity contribution in [3.8, 4) is 11.5 Å². The molecule has 2 aliphatic carbocycles. The first-order valence-corrected chi connectivity index (χ1v) is 11.2. The summed E-state index contributed by atoms with van der Waals surface area (Å²) in [6, 6.07) is 4.27. The highest BCUT2D eigenvalue weighted by molar-refractivity contribution is 5.85. The van der Waals surface area contributed by atoms with Crippen molar-refractivity contribution in [1.29, 1.82) is 0 Å². The average Bonchev–Trinajstić information content (AvgIpc) is 2.95. The zero-order chi connectivity index (χ0) is 18.3. The van der Waals surface area contributed by atoms with Gasteiger partial charge in [-0.25, -0.2) is 0 Å². The van der Waals surface area contributed by atoms with E-state index in [1.165, 1.54) is 62.5 Å². The molecule has 1 spiro atoms. The van der Waals surface area contributed by atoms with Gasteiger partial charge in [-0.3, -0.25) is 0 Å². The molecule has 0 aromatic heterocycles. The Hall–Kier alpha value is -0.970. The van der Waals surface area contributed by atoms with E-state index in [4.69, 9.17) is 19.9 Å². The van der Waals surface area contributed by atoms with Crippen molar-refractivity contribution < 1.29 is 14.2 Å². The van der Waals surface area contributed by atoms with Crippen LogP contribution in [-0.4, -0.2) is 18.4 Å². The molecule has 0 amide bonds. The van der Waals surface area contributed by atoms with Crippen LogP contribution in [0.15, 0.2) is 12.1 Å². The molecule has 5 rings (SSSR count). The highest BCUT2D eigenvalue weighted by atomic mass is 35.5. The summed E-state index contributed by atoms with van der Waals surface area (Å²) in [6.45, 7) is 0.529. The molecule has 156 valence electrons. The van der Waals surface area contributed by atoms with Gasteiger partial charge < -0.3 is 19.9 Å². The summed E-state index contributed by atoms with van der Waals surface area (Å²) in [5, 5.41) is 0. The van der Waals surface area contributed by atoms with Crippen LogP contribution in [-0.2, 0) is 11.2 Å². The molecule has 1 aromatic rings. The first kappa shape index (κ1) is 20.3. The van der Waals surface area contributed by atoms with E-state index in [9.17, 15) is 0 Å². The van der Waals surface area contributed by atoms with Crippen LogP contribution in [0.1, 0.15) is 87.9 Å². The molecule has 2 heterocycles. The summed E-state index contributed by atoms with van der Waals surface area (Å²) < 4.78 is 19.5. The molecule has 2 N–H and O–H groups in total. The van der Waals surface area contributed by atoms with Crippen molar-refractivity contribution in [3.05, 3.63) is 23.3 Å². The lowest BCUT2D eigenvalue weighted by atomic mass is 9.83. The van der Waals surface area contributed by atoms with Crippen molar-refractivity contribution in [2.75, 3.05) is 6.54 Å². The van der Waals surface area contributed by atoms with Gasteiger partial charge in [0.1, 0.15) is 0 Å². The monoisotopic (exact) mass is 407 g/mol. The maximum atomic E-state index is 6.60. The second-order valence-electron chi connectivity index (χ2n) is 8.97. The SMILES string of the molecule is Cl.NCC1OC(C2CCCCC2)CCc2c1ccc1c2OC2(CCCCC2)O1. The summed E-state index contributed by atoms with van der Waals surface area (Å²) >= 11 is 0. The predicted octanol–water partition coefficient (Wildman–Crippen LogP) is 5.45. The Morgan fingerprint density at radius 3 is 2.43 bits per heavy atom. The second-order valence-corrected chi connectivity index (χ2v) is 8.97. The molecule has 5 heteroatoms. The number of nitrogens with two attached hydrogens (primary N) is 1. The van der Waals surface area contributed by atoms with Gasteiger partial charge in [0.05, 0.1) is 12.2 Å². The largest absolute Gasteiger partial charge is 0.448 e. The van der Waals surface area contributed by atoms with Crippen molar-refractivity contribution in [3.63, 3.8) is 0 Å². The lowest BCUT2D eigenvalue weighted by Crippen LogP contribution is -2.40. The topological polar surface area (TPSA) is 53.7 Å². The number of hydrogen-bond acceptors (Lipinski definition) is 4. The lowest BCUT2D eigenvalue weighted by Gasteiger charge is -2.31. The van der Waals surface area contributed by atoms with Gasteiger partial charge in [0.25, 0.3) is 5.79 Å². The van der Waals surface area contributed by atoms with Crippen molar-refractivity contribution in [2.24, 2.45) is 11.7 Å². The summed E-state index contributed by atoms with van der Waals surface area (Å²) in [5.74, 6) is 2.20. The van der Waals surface area contributed by atoms with E-state index in [0.29, 0.717) is 18.6 Å². The Kier molecular flexibility index (Phi) is 6.10. The minimum Gasteiger partial charge on any atom is -0.448 e. The van der Waals surface area contributed by atoms with Gasteiger partial charge in [-0.15, -0.1) is 12.4 Å². The molecule has 2 aliphatic heterocycles. The molecular weight excluding hydrogens is 374 g/mol. The van der Waals surface area contributed by atoms with E-state index < -0.39 is 5.79 Å².